The fourth-order valence-electron chi connectivity index (χ4n) is 3.83. The van der Waals surface area contributed by atoms with Crippen molar-refractivity contribution in [3.63, 3.8) is 0 Å². The lowest BCUT2D eigenvalue weighted by Gasteiger charge is -2.36. The predicted octanol–water partition coefficient (Wildman–Crippen LogP) is 1.49. The van der Waals surface area contributed by atoms with Gasteiger partial charge in [0.2, 0.25) is 5.91 Å². The number of hydrogen-bond acceptors (Lipinski definition) is 4. The summed E-state index contributed by atoms with van der Waals surface area (Å²) in [6.07, 6.45) is 3.41. The number of hydrogen-bond donors (Lipinski definition) is 3. The summed E-state index contributed by atoms with van der Waals surface area (Å²) >= 11 is 0. The first kappa shape index (κ1) is 18.9. The molecule has 144 valence electrons. The van der Waals surface area contributed by atoms with E-state index in [1.807, 2.05) is 6.92 Å². The Morgan fingerprint density at radius 1 is 1.22 bits per heavy atom. The number of carbonyl (C=O) groups excluding carboxylic acids is 4. The smallest absolute Gasteiger partial charge is 0.325 e. The third kappa shape index (κ3) is 3.51. The first-order chi connectivity index (χ1) is 12.9. The maximum atomic E-state index is 12.9. The number of benzene rings is 1. The number of anilines is 1. The second-order valence-corrected chi connectivity index (χ2v) is 7.14. The SMILES string of the molecule is CNC(=O)c1ccc(NC(=O)CN2C(=O)N[C@]3(CCCC[C@@H]3C)C2=O)cc1. The zero-order chi connectivity index (χ0) is 19.6. The molecule has 8 heteroatoms. The molecule has 27 heavy (non-hydrogen) atoms. The minimum Gasteiger partial charge on any atom is -0.355 e. The molecular formula is C19H24N4O4. The van der Waals surface area contributed by atoms with E-state index in [0.29, 0.717) is 17.7 Å². The Hall–Kier alpha value is -2.90. The van der Waals surface area contributed by atoms with Crippen LogP contribution in [0.3, 0.4) is 0 Å². The fraction of sp³-hybridized carbons (Fsp3) is 0.474. The van der Waals surface area contributed by atoms with Crippen LogP contribution in [0.5, 0.6) is 0 Å². The Morgan fingerprint density at radius 3 is 2.56 bits per heavy atom. The van der Waals surface area contributed by atoms with Gasteiger partial charge in [-0.1, -0.05) is 19.8 Å². The van der Waals surface area contributed by atoms with Crippen LogP contribution in [0.25, 0.3) is 0 Å². The molecule has 2 atom stereocenters. The number of urea groups is 1. The van der Waals surface area contributed by atoms with Crippen molar-refractivity contribution in [3.05, 3.63) is 29.8 Å². The van der Waals surface area contributed by atoms with Crippen LogP contribution in [0.4, 0.5) is 10.5 Å². The van der Waals surface area contributed by atoms with Gasteiger partial charge in [-0.3, -0.25) is 19.3 Å². The van der Waals surface area contributed by atoms with E-state index in [9.17, 15) is 19.2 Å². The molecule has 1 aliphatic heterocycles. The Labute approximate surface area is 157 Å². The Bertz CT molecular complexity index is 776. The van der Waals surface area contributed by atoms with Crippen molar-refractivity contribution in [1.29, 1.82) is 0 Å². The Kier molecular flexibility index (Phi) is 5.16. The molecule has 1 aromatic carbocycles. The van der Waals surface area contributed by atoms with Crippen molar-refractivity contribution in [1.82, 2.24) is 15.5 Å². The normalized spacial score (nSPS) is 24.7. The van der Waals surface area contributed by atoms with Crippen LogP contribution in [-0.4, -0.2) is 47.8 Å². The summed E-state index contributed by atoms with van der Waals surface area (Å²) in [6.45, 7) is 1.63. The van der Waals surface area contributed by atoms with Gasteiger partial charge in [0.05, 0.1) is 0 Å². The minimum atomic E-state index is -0.870. The monoisotopic (exact) mass is 372 g/mol. The van der Waals surface area contributed by atoms with Crippen LogP contribution in [0, 0.1) is 5.92 Å². The molecule has 1 spiro atoms. The molecule has 1 aromatic rings. The van der Waals surface area contributed by atoms with E-state index in [0.717, 1.165) is 24.2 Å². The highest BCUT2D eigenvalue weighted by Gasteiger charge is 2.55. The minimum absolute atomic E-state index is 0.0491. The van der Waals surface area contributed by atoms with Gasteiger partial charge in [-0.25, -0.2) is 4.79 Å². The predicted molar refractivity (Wildman–Crippen MR) is 99.1 cm³/mol. The number of nitrogens with zero attached hydrogens (tertiary/aromatic N) is 1. The van der Waals surface area contributed by atoms with E-state index < -0.39 is 17.5 Å². The molecule has 0 aromatic heterocycles. The van der Waals surface area contributed by atoms with E-state index in [1.54, 1.807) is 24.3 Å². The van der Waals surface area contributed by atoms with Crippen molar-refractivity contribution in [3.8, 4) is 0 Å². The van der Waals surface area contributed by atoms with Crippen LogP contribution < -0.4 is 16.0 Å². The molecule has 3 rings (SSSR count). The molecule has 1 saturated carbocycles. The van der Waals surface area contributed by atoms with Gasteiger partial charge in [0.1, 0.15) is 12.1 Å². The molecule has 2 aliphatic rings. The summed E-state index contributed by atoms with van der Waals surface area (Å²) in [5, 5.41) is 8.00. The fourth-order valence-corrected chi connectivity index (χ4v) is 3.83. The molecule has 3 N–H and O–H groups in total. The molecule has 1 aliphatic carbocycles. The first-order valence-electron chi connectivity index (χ1n) is 9.13. The standard InChI is InChI=1S/C19H24N4O4/c1-12-5-3-4-10-19(12)17(26)23(18(27)22-19)11-15(24)21-14-8-6-13(7-9-14)16(25)20-2/h6-9,12H,3-5,10-11H2,1-2H3,(H,20,25)(H,21,24)(H,22,27)/t12-,19-/m0/s1. The largest absolute Gasteiger partial charge is 0.355 e. The van der Waals surface area contributed by atoms with Crippen molar-refractivity contribution in [2.24, 2.45) is 5.92 Å². The van der Waals surface area contributed by atoms with Crippen LogP contribution >= 0.6 is 0 Å². The van der Waals surface area contributed by atoms with E-state index in [-0.39, 0.29) is 24.3 Å². The van der Waals surface area contributed by atoms with E-state index in [2.05, 4.69) is 16.0 Å². The lowest BCUT2D eigenvalue weighted by atomic mass is 9.73. The maximum Gasteiger partial charge on any atom is 0.325 e. The molecule has 1 heterocycles. The van der Waals surface area contributed by atoms with Gasteiger partial charge in [0, 0.05) is 18.3 Å². The third-order valence-corrected chi connectivity index (χ3v) is 5.46. The molecule has 8 nitrogen and oxygen atoms in total. The summed E-state index contributed by atoms with van der Waals surface area (Å²) in [5.41, 5.74) is 0.0865. The lowest BCUT2D eigenvalue weighted by molar-refractivity contribution is -0.136. The maximum absolute atomic E-state index is 12.9. The van der Waals surface area contributed by atoms with Crippen molar-refractivity contribution >= 4 is 29.4 Å². The molecule has 1 saturated heterocycles. The summed E-state index contributed by atoms with van der Waals surface area (Å²) < 4.78 is 0. The molecule has 2 fully saturated rings. The van der Waals surface area contributed by atoms with Crippen LogP contribution in [0.15, 0.2) is 24.3 Å². The van der Waals surface area contributed by atoms with Gasteiger partial charge < -0.3 is 16.0 Å². The Balaban J connectivity index is 1.64. The van der Waals surface area contributed by atoms with Crippen molar-refractivity contribution in [2.75, 3.05) is 18.9 Å². The number of carbonyl (C=O) groups is 4. The van der Waals surface area contributed by atoms with Gasteiger partial charge in [-0.15, -0.1) is 0 Å². The third-order valence-electron chi connectivity index (χ3n) is 5.46. The second kappa shape index (κ2) is 7.38. The van der Waals surface area contributed by atoms with Crippen LogP contribution in [0.1, 0.15) is 43.0 Å². The quantitative estimate of drug-likeness (QED) is 0.696. The van der Waals surface area contributed by atoms with E-state index >= 15 is 0 Å². The summed E-state index contributed by atoms with van der Waals surface area (Å²) in [7, 11) is 1.54. The van der Waals surface area contributed by atoms with Crippen LogP contribution in [0.2, 0.25) is 0 Å². The lowest BCUT2D eigenvalue weighted by Crippen LogP contribution is -2.54. The molecule has 5 amide bonds. The van der Waals surface area contributed by atoms with E-state index in [4.69, 9.17) is 0 Å². The number of rotatable bonds is 4. The molecular weight excluding hydrogens is 348 g/mol. The topological polar surface area (TPSA) is 108 Å². The van der Waals surface area contributed by atoms with Gasteiger partial charge in [0.15, 0.2) is 0 Å². The van der Waals surface area contributed by atoms with Crippen molar-refractivity contribution in [2.45, 2.75) is 38.1 Å². The summed E-state index contributed by atoms with van der Waals surface area (Å²) in [6, 6.07) is 5.85. The second-order valence-electron chi connectivity index (χ2n) is 7.14. The highest BCUT2D eigenvalue weighted by atomic mass is 16.2. The highest BCUT2D eigenvalue weighted by molar-refractivity contribution is 6.10. The molecule has 0 unspecified atom stereocenters. The summed E-state index contributed by atoms with van der Waals surface area (Å²) in [5.74, 6) is -0.955. The first-order valence-corrected chi connectivity index (χ1v) is 9.13. The molecule has 0 bridgehead atoms. The number of amides is 5. The van der Waals surface area contributed by atoms with Gasteiger partial charge >= 0.3 is 6.03 Å². The van der Waals surface area contributed by atoms with Gasteiger partial charge in [-0.05, 0) is 43.0 Å². The Morgan fingerprint density at radius 2 is 1.93 bits per heavy atom. The van der Waals surface area contributed by atoms with Gasteiger partial charge in [0.25, 0.3) is 11.8 Å². The van der Waals surface area contributed by atoms with Crippen LogP contribution in [-0.2, 0) is 9.59 Å². The van der Waals surface area contributed by atoms with E-state index in [1.165, 1.54) is 7.05 Å². The highest BCUT2D eigenvalue weighted by Crippen LogP contribution is 2.38. The number of imide groups is 1. The zero-order valence-corrected chi connectivity index (χ0v) is 15.5. The average molecular weight is 372 g/mol. The van der Waals surface area contributed by atoms with Crippen molar-refractivity contribution < 1.29 is 19.2 Å². The van der Waals surface area contributed by atoms with Gasteiger partial charge in [-0.2, -0.15) is 0 Å². The zero-order valence-electron chi connectivity index (χ0n) is 15.5. The summed E-state index contributed by atoms with van der Waals surface area (Å²) in [4.78, 5) is 50.0. The molecule has 0 radical (unpaired) electrons. The average Bonchev–Trinajstić information content (AvgIpc) is 2.89. The number of nitrogens with one attached hydrogen (secondary N) is 3.